The lowest BCUT2D eigenvalue weighted by Gasteiger charge is -2.00. The second-order valence-electron chi connectivity index (χ2n) is 3.86. The molecule has 0 saturated heterocycles. The fourth-order valence-corrected chi connectivity index (χ4v) is 1.50. The van der Waals surface area contributed by atoms with E-state index in [9.17, 15) is 9.18 Å². The Labute approximate surface area is 111 Å². The van der Waals surface area contributed by atoms with Crippen LogP contribution in [0.4, 0.5) is 4.39 Å². The van der Waals surface area contributed by atoms with E-state index in [0.29, 0.717) is 5.56 Å². The summed E-state index contributed by atoms with van der Waals surface area (Å²) in [5.74, 6) is 5.17. The van der Waals surface area contributed by atoms with Crippen molar-refractivity contribution in [1.29, 1.82) is 0 Å². The van der Waals surface area contributed by atoms with Crippen LogP contribution in [0.3, 0.4) is 0 Å². The van der Waals surface area contributed by atoms with Gasteiger partial charge in [0.25, 0.3) is 5.91 Å². The van der Waals surface area contributed by atoms with E-state index in [4.69, 9.17) is 0 Å². The maximum absolute atomic E-state index is 12.7. The third kappa shape index (κ3) is 3.97. The van der Waals surface area contributed by atoms with Crippen LogP contribution >= 0.6 is 0 Å². The zero-order valence-corrected chi connectivity index (χ0v) is 10.2. The molecule has 0 atom stereocenters. The molecule has 0 aliphatic carbocycles. The number of hydrogen-bond donors (Lipinski definition) is 1. The van der Waals surface area contributed by atoms with E-state index < -0.39 is 0 Å². The van der Waals surface area contributed by atoms with E-state index in [2.05, 4.69) is 17.2 Å². The van der Waals surface area contributed by atoms with Gasteiger partial charge in [0, 0.05) is 11.1 Å². The molecular weight excluding hydrogens is 241 g/mol. The minimum absolute atomic E-state index is 0.255. The normalized spacial score (nSPS) is 9.32. The Morgan fingerprint density at radius 3 is 2.42 bits per heavy atom. The summed E-state index contributed by atoms with van der Waals surface area (Å²) in [6.45, 7) is 0.255. The fraction of sp³-hybridized carbons (Fsp3) is 0.0625. The highest BCUT2D eigenvalue weighted by Crippen LogP contribution is 2.02. The Bertz CT molecular complexity index is 609. The van der Waals surface area contributed by atoms with Crippen LogP contribution in [-0.2, 0) is 0 Å². The molecule has 0 fully saturated rings. The highest BCUT2D eigenvalue weighted by Gasteiger charge is 2.02. The Balaban J connectivity index is 1.88. The van der Waals surface area contributed by atoms with Crippen LogP contribution in [0.1, 0.15) is 15.9 Å². The molecule has 0 aromatic heterocycles. The van der Waals surface area contributed by atoms with Gasteiger partial charge in [-0.25, -0.2) is 4.39 Å². The molecule has 0 saturated carbocycles. The number of carbonyl (C=O) groups excluding carboxylic acids is 1. The van der Waals surface area contributed by atoms with Crippen molar-refractivity contribution in [2.45, 2.75) is 0 Å². The number of amides is 1. The van der Waals surface area contributed by atoms with E-state index >= 15 is 0 Å². The highest BCUT2D eigenvalue weighted by molar-refractivity contribution is 5.94. The molecule has 2 rings (SSSR count). The van der Waals surface area contributed by atoms with E-state index in [-0.39, 0.29) is 18.3 Å². The number of halogens is 1. The van der Waals surface area contributed by atoms with Gasteiger partial charge < -0.3 is 5.32 Å². The molecule has 0 radical (unpaired) electrons. The van der Waals surface area contributed by atoms with Crippen molar-refractivity contribution in [2.24, 2.45) is 0 Å². The predicted octanol–water partition coefficient (Wildman–Crippen LogP) is 2.61. The van der Waals surface area contributed by atoms with Crippen molar-refractivity contribution in [3.05, 3.63) is 71.5 Å². The van der Waals surface area contributed by atoms with Gasteiger partial charge in [-0.1, -0.05) is 30.0 Å². The van der Waals surface area contributed by atoms with Crippen molar-refractivity contribution in [2.75, 3.05) is 6.54 Å². The van der Waals surface area contributed by atoms with Gasteiger partial charge in [0.1, 0.15) is 5.82 Å². The molecule has 0 unspecified atom stereocenters. The van der Waals surface area contributed by atoms with Crippen molar-refractivity contribution < 1.29 is 9.18 Å². The first kappa shape index (κ1) is 12.8. The first-order valence-electron chi connectivity index (χ1n) is 5.83. The first-order valence-corrected chi connectivity index (χ1v) is 5.83. The Morgan fingerprint density at radius 2 is 1.74 bits per heavy atom. The summed E-state index contributed by atoms with van der Waals surface area (Å²) in [5, 5.41) is 2.65. The maximum atomic E-state index is 12.7. The predicted molar refractivity (Wildman–Crippen MR) is 72.1 cm³/mol. The highest BCUT2D eigenvalue weighted by atomic mass is 19.1. The van der Waals surface area contributed by atoms with Crippen LogP contribution in [0.25, 0.3) is 0 Å². The van der Waals surface area contributed by atoms with Gasteiger partial charge in [0.15, 0.2) is 0 Å². The molecule has 1 N–H and O–H groups in total. The summed E-state index contributed by atoms with van der Waals surface area (Å²) in [6.07, 6.45) is 0. The topological polar surface area (TPSA) is 29.1 Å². The SMILES string of the molecule is O=C(NCC#Cc1ccccc1)c1ccc(F)cc1. The van der Waals surface area contributed by atoms with Crippen LogP contribution in [0.2, 0.25) is 0 Å². The summed E-state index contributed by atoms with van der Waals surface area (Å²) in [7, 11) is 0. The minimum atomic E-state index is -0.361. The van der Waals surface area contributed by atoms with Crippen LogP contribution in [0.15, 0.2) is 54.6 Å². The van der Waals surface area contributed by atoms with E-state index in [1.165, 1.54) is 24.3 Å². The summed E-state index contributed by atoms with van der Waals surface area (Å²) < 4.78 is 12.7. The van der Waals surface area contributed by atoms with Gasteiger partial charge >= 0.3 is 0 Å². The molecule has 19 heavy (non-hydrogen) atoms. The second-order valence-corrected chi connectivity index (χ2v) is 3.86. The van der Waals surface area contributed by atoms with E-state index in [1.54, 1.807) is 0 Å². The molecule has 0 aliphatic heterocycles. The molecule has 0 heterocycles. The minimum Gasteiger partial charge on any atom is -0.341 e. The molecular formula is C16H12FNO. The molecule has 0 bridgehead atoms. The lowest BCUT2D eigenvalue weighted by Crippen LogP contribution is -2.23. The van der Waals surface area contributed by atoms with Crippen LogP contribution in [0.5, 0.6) is 0 Å². The van der Waals surface area contributed by atoms with Crippen molar-refractivity contribution in [3.63, 3.8) is 0 Å². The van der Waals surface area contributed by atoms with E-state index in [0.717, 1.165) is 5.56 Å². The van der Waals surface area contributed by atoms with Gasteiger partial charge in [0.05, 0.1) is 6.54 Å². The average Bonchev–Trinajstić information content (AvgIpc) is 2.45. The Kier molecular flexibility index (Phi) is 4.30. The van der Waals surface area contributed by atoms with Gasteiger partial charge in [-0.05, 0) is 36.4 Å². The maximum Gasteiger partial charge on any atom is 0.252 e. The van der Waals surface area contributed by atoms with Gasteiger partial charge in [0.2, 0.25) is 0 Å². The summed E-state index contributed by atoms with van der Waals surface area (Å²) in [5.41, 5.74) is 1.32. The number of hydrogen-bond acceptors (Lipinski definition) is 1. The summed E-state index contributed by atoms with van der Waals surface area (Å²) in [6, 6.07) is 14.9. The Morgan fingerprint density at radius 1 is 1.05 bits per heavy atom. The summed E-state index contributed by atoms with van der Waals surface area (Å²) >= 11 is 0. The smallest absolute Gasteiger partial charge is 0.252 e. The summed E-state index contributed by atoms with van der Waals surface area (Å²) in [4.78, 5) is 11.7. The monoisotopic (exact) mass is 253 g/mol. The van der Waals surface area contributed by atoms with Crippen LogP contribution in [0, 0.1) is 17.7 Å². The number of nitrogens with one attached hydrogen (secondary N) is 1. The number of benzene rings is 2. The van der Waals surface area contributed by atoms with Crippen molar-refractivity contribution in [3.8, 4) is 11.8 Å². The largest absolute Gasteiger partial charge is 0.341 e. The zero-order chi connectivity index (χ0) is 13.5. The average molecular weight is 253 g/mol. The quantitative estimate of drug-likeness (QED) is 0.819. The molecule has 2 aromatic rings. The second kappa shape index (κ2) is 6.36. The molecule has 0 spiro atoms. The lowest BCUT2D eigenvalue weighted by atomic mass is 10.2. The lowest BCUT2D eigenvalue weighted by molar-refractivity contribution is 0.0958. The first-order chi connectivity index (χ1) is 9.25. The molecule has 2 aromatic carbocycles. The zero-order valence-electron chi connectivity index (χ0n) is 10.2. The number of carbonyl (C=O) groups is 1. The third-order valence-corrected chi connectivity index (χ3v) is 2.45. The molecule has 1 amide bonds. The van der Waals surface area contributed by atoms with Gasteiger partial charge in [-0.3, -0.25) is 4.79 Å². The number of rotatable bonds is 2. The van der Waals surface area contributed by atoms with E-state index in [1.807, 2.05) is 30.3 Å². The molecule has 0 aliphatic rings. The van der Waals surface area contributed by atoms with Gasteiger partial charge in [-0.2, -0.15) is 0 Å². The molecule has 2 nitrogen and oxygen atoms in total. The Hall–Kier alpha value is -2.60. The van der Waals surface area contributed by atoms with Crippen molar-refractivity contribution in [1.82, 2.24) is 5.32 Å². The van der Waals surface area contributed by atoms with Crippen LogP contribution < -0.4 is 5.32 Å². The molecule has 3 heteroatoms. The standard InChI is InChI=1S/C16H12FNO/c17-15-10-8-14(9-11-15)16(19)18-12-4-7-13-5-2-1-3-6-13/h1-3,5-6,8-11H,12H2,(H,18,19). The fourth-order valence-electron chi connectivity index (χ4n) is 1.50. The molecule has 94 valence electrons. The van der Waals surface area contributed by atoms with Crippen LogP contribution in [-0.4, -0.2) is 12.5 Å². The third-order valence-electron chi connectivity index (χ3n) is 2.45. The van der Waals surface area contributed by atoms with Gasteiger partial charge in [-0.15, -0.1) is 0 Å². The van der Waals surface area contributed by atoms with Crippen molar-refractivity contribution >= 4 is 5.91 Å².